The van der Waals surface area contributed by atoms with Crippen LogP contribution >= 0.6 is 0 Å². The Bertz CT molecular complexity index is 3310. The summed E-state index contributed by atoms with van der Waals surface area (Å²) in [6.07, 6.45) is 3.60. The number of hydrogen-bond acceptors (Lipinski definition) is 1. The number of aryl methyl sites for hydroxylation is 6. The van der Waals surface area contributed by atoms with Crippen LogP contribution in [0.5, 0.6) is 0 Å². The van der Waals surface area contributed by atoms with Gasteiger partial charge in [0.25, 0.3) is 0 Å². The van der Waals surface area contributed by atoms with E-state index in [0.717, 1.165) is 44.6 Å². The van der Waals surface area contributed by atoms with Gasteiger partial charge in [0.1, 0.15) is 0 Å². The summed E-state index contributed by atoms with van der Waals surface area (Å²) in [7, 11) is 0. The Balaban J connectivity index is 1.31. The second-order valence-electron chi connectivity index (χ2n) is 15.9. The predicted molar refractivity (Wildman–Crippen MR) is 244 cm³/mol. The van der Waals surface area contributed by atoms with Gasteiger partial charge < -0.3 is 9.13 Å². The van der Waals surface area contributed by atoms with E-state index in [9.17, 15) is 0 Å². The summed E-state index contributed by atoms with van der Waals surface area (Å²) in [4.78, 5) is 8.49. The molecule has 0 fully saturated rings. The van der Waals surface area contributed by atoms with Crippen molar-refractivity contribution in [1.82, 2.24) is 14.1 Å². The molecule has 7 aromatic carbocycles. The van der Waals surface area contributed by atoms with Crippen LogP contribution in [0.1, 0.15) is 33.4 Å². The van der Waals surface area contributed by atoms with E-state index >= 15 is 0 Å². The third-order valence-corrected chi connectivity index (χ3v) is 12.0. The van der Waals surface area contributed by atoms with Crippen LogP contribution in [-0.2, 0) is 0 Å². The maximum Gasteiger partial charge on any atom is 0.197 e. The molecule has 0 amide bonds. The summed E-state index contributed by atoms with van der Waals surface area (Å²) in [5.74, 6) is 0. The van der Waals surface area contributed by atoms with Crippen molar-refractivity contribution in [3.8, 4) is 44.8 Å². The second-order valence-corrected chi connectivity index (χ2v) is 15.9. The molecule has 0 spiro atoms. The van der Waals surface area contributed by atoms with E-state index in [1.165, 1.54) is 77.2 Å². The molecule has 0 radical (unpaired) electrons. The van der Waals surface area contributed by atoms with Crippen LogP contribution in [0, 0.1) is 48.1 Å². The van der Waals surface area contributed by atoms with E-state index in [1.807, 2.05) is 12.1 Å². The molecule has 0 aliphatic heterocycles. The number of benzene rings is 7. The number of pyridine rings is 1. The number of para-hydroxylation sites is 2. The van der Waals surface area contributed by atoms with Gasteiger partial charge in [0.15, 0.2) is 5.69 Å². The van der Waals surface area contributed by atoms with Crippen molar-refractivity contribution in [2.75, 3.05) is 0 Å². The highest BCUT2D eigenvalue weighted by atomic mass is 15.1. The van der Waals surface area contributed by atoms with E-state index in [4.69, 9.17) is 6.57 Å². The minimum Gasteiger partial charge on any atom is -0.308 e. The molecular formula is C54H42N4. The molecular weight excluding hydrogens is 705 g/mol. The molecule has 0 aliphatic rings. The molecule has 3 heterocycles. The van der Waals surface area contributed by atoms with Gasteiger partial charge in [0.05, 0.1) is 40.0 Å². The van der Waals surface area contributed by atoms with Gasteiger partial charge in [-0.3, -0.25) is 4.98 Å². The monoisotopic (exact) mass is 746 g/mol. The molecule has 0 aliphatic carbocycles. The van der Waals surface area contributed by atoms with E-state index in [2.05, 4.69) is 182 Å². The fourth-order valence-corrected chi connectivity index (χ4v) is 9.83. The smallest absolute Gasteiger partial charge is 0.197 e. The highest BCUT2D eigenvalue weighted by molar-refractivity contribution is 6.13. The molecule has 0 atom stereocenters. The Labute approximate surface area is 339 Å². The number of nitrogens with zero attached hydrogens (tertiary/aromatic N) is 4. The van der Waals surface area contributed by atoms with Gasteiger partial charge in [-0.1, -0.05) is 83.9 Å². The Hall–Kier alpha value is -7.22. The topological polar surface area (TPSA) is 27.1 Å². The van der Waals surface area contributed by atoms with Gasteiger partial charge in [-0.25, -0.2) is 4.85 Å². The highest BCUT2D eigenvalue weighted by Crippen LogP contribution is 2.45. The summed E-state index contributed by atoms with van der Waals surface area (Å²) in [5.41, 5.74) is 21.4. The van der Waals surface area contributed by atoms with Crippen LogP contribution in [0.3, 0.4) is 0 Å². The largest absolute Gasteiger partial charge is 0.308 e. The summed E-state index contributed by atoms with van der Waals surface area (Å²) < 4.78 is 4.78. The Morgan fingerprint density at radius 1 is 0.431 bits per heavy atom. The Morgan fingerprint density at radius 2 is 0.862 bits per heavy atom. The van der Waals surface area contributed by atoms with Crippen molar-refractivity contribution in [3.05, 3.63) is 191 Å². The number of aromatic nitrogens is 3. The first kappa shape index (κ1) is 35.2. The van der Waals surface area contributed by atoms with Crippen molar-refractivity contribution < 1.29 is 0 Å². The third-order valence-electron chi connectivity index (χ3n) is 12.0. The summed E-state index contributed by atoms with van der Waals surface area (Å²) in [5, 5.41) is 4.72. The normalized spacial score (nSPS) is 11.6. The van der Waals surface area contributed by atoms with Gasteiger partial charge in [0.2, 0.25) is 0 Å². The summed E-state index contributed by atoms with van der Waals surface area (Å²) in [6.45, 7) is 21.7. The zero-order chi connectivity index (χ0) is 39.8. The van der Waals surface area contributed by atoms with Crippen LogP contribution < -0.4 is 0 Å². The third kappa shape index (κ3) is 5.46. The van der Waals surface area contributed by atoms with Crippen molar-refractivity contribution in [3.63, 3.8) is 0 Å². The average molecular weight is 747 g/mol. The fraction of sp³-hybridized carbons (Fsp3) is 0.111. The lowest BCUT2D eigenvalue weighted by atomic mass is 9.93. The lowest BCUT2D eigenvalue weighted by Gasteiger charge is -2.20. The Morgan fingerprint density at radius 3 is 1.33 bits per heavy atom. The minimum absolute atomic E-state index is 0.590. The first-order valence-electron chi connectivity index (χ1n) is 19.9. The molecule has 10 rings (SSSR count). The maximum atomic E-state index is 8.51. The number of fused-ring (bicyclic) bond motifs is 6. The molecule has 58 heavy (non-hydrogen) atoms. The molecule has 3 aromatic heterocycles. The van der Waals surface area contributed by atoms with Crippen molar-refractivity contribution in [1.29, 1.82) is 0 Å². The van der Waals surface area contributed by atoms with Crippen LogP contribution in [-0.4, -0.2) is 14.1 Å². The van der Waals surface area contributed by atoms with Crippen molar-refractivity contribution in [2.24, 2.45) is 0 Å². The van der Waals surface area contributed by atoms with Crippen LogP contribution in [0.4, 0.5) is 5.69 Å². The number of hydrogen-bond donors (Lipinski definition) is 0. The van der Waals surface area contributed by atoms with Gasteiger partial charge >= 0.3 is 0 Å². The van der Waals surface area contributed by atoms with E-state index in [0.29, 0.717) is 5.69 Å². The van der Waals surface area contributed by atoms with Crippen LogP contribution in [0.15, 0.2) is 146 Å². The lowest BCUT2D eigenvalue weighted by Crippen LogP contribution is -2.04. The quantitative estimate of drug-likeness (QED) is 0.161. The molecule has 278 valence electrons. The molecule has 0 bridgehead atoms. The maximum absolute atomic E-state index is 8.51. The molecule has 0 saturated heterocycles. The van der Waals surface area contributed by atoms with E-state index in [1.54, 1.807) is 12.4 Å². The highest BCUT2D eigenvalue weighted by Gasteiger charge is 2.23. The molecule has 0 unspecified atom stereocenters. The summed E-state index contributed by atoms with van der Waals surface area (Å²) >= 11 is 0. The minimum atomic E-state index is 0.590. The predicted octanol–water partition coefficient (Wildman–Crippen LogP) is 14.7. The van der Waals surface area contributed by atoms with Crippen LogP contribution in [0.2, 0.25) is 0 Å². The van der Waals surface area contributed by atoms with E-state index in [-0.39, 0.29) is 0 Å². The van der Waals surface area contributed by atoms with Gasteiger partial charge in [-0.05, 0) is 158 Å². The summed E-state index contributed by atoms with van der Waals surface area (Å²) in [6, 6.07) is 48.6. The SMILES string of the molecule is [C-]#[N+]c1cc(-n2c3ccccc3c3cc(-c4c(C)cc(C)cc4C)ccc32)c(-n2c3ccccc3c3cc(-c4c(C)cc(C)cc4C)ccc32)cc1-c1ccncc1. The van der Waals surface area contributed by atoms with Gasteiger partial charge in [-0.2, -0.15) is 0 Å². The van der Waals surface area contributed by atoms with Crippen molar-refractivity contribution in [2.45, 2.75) is 41.5 Å². The first-order valence-corrected chi connectivity index (χ1v) is 19.9. The molecule has 0 saturated carbocycles. The second kappa shape index (κ2) is 13.5. The van der Waals surface area contributed by atoms with E-state index < -0.39 is 0 Å². The zero-order valence-electron chi connectivity index (χ0n) is 33.6. The lowest BCUT2D eigenvalue weighted by molar-refractivity contribution is 1.10. The fourth-order valence-electron chi connectivity index (χ4n) is 9.83. The molecule has 0 N–H and O–H groups in total. The molecule has 10 aromatic rings. The van der Waals surface area contributed by atoms with Crippen LogP contribution in [0.25, 0.3) is 93.2 Å². The first-order chi connectivity index (χ1) is 28.2. The van der Waals surface area contributed by atoms with Gasteiger partial charge in [-0.15, -0.1) is 0 Å². The van der Waals surface area contributed by atoms with Gasteiger partial charge in [0, 0.05) is 33.9 Å². The molecule has 4 nitrogen and oxygen atoms in total. The zero-order valence-corrected chi connectivity index (χ0v) is 33.6. The number of rotatable bonds is 5. The Kier molecular flexibility index (Phi) is 8.18. The van der Waals surface area contributed by atoms with Crippen molar-refractivity contribution >= 4 is 49.3 Å². The standard InChI is InChI=1S/C54H42N4/c1-32-24-34(3)53(35(4)25-32)39-16-18-49-44(28-39)41-12-8-10-14-47(41)57(49)51-30-43(38-20-22-56-23-21-38)46(55-7)31-52(51)58-48-15-11-9-13-42(48)45-29-40(17-19-50(45)58)54-36(5)26-33(2)27-37(54)6/h8-31H,1-6H3. The average Bonchev–Trinajstić information content (AvgIpc) is 3.72. The molecule has 4 heteroatoms.